The van der Waals surface area contributed by atoms with Gasteiger partial charge in [0, 0.05) is 13.7 Å². The average molecular weight is 462 g/mol. The molecule has 7 heteroatoms. The molecule has 0 aliphatic heterocycles. The monoisotopic (exact) mass is 462 g/mol. The summed E-state index contributed by atoms with van der Waals surface area (Å²) in [6.07, 6.45) is 5.04. The Hall–Kier alpha value is 0.490. The number of methoxy groups -OCH3 is 1. The first-order valence-electron chi connectivity index (χ1n) is 8.85. The van der Waals surface area contributed by atoms with Crippen LogP contribution in [0.4, 0.5) is 0 Å². The fourth-order valence-electron chi connectivity index (χ4n) is 1.78. The second kappa shape index (κ2) is 23.5. The minimum Gasteiger partial charge on any atom is -0.382 e. The lowest BCUT2D eigenvalue weighted by Crippen LogP contribution is -2.14. The second-order valence-corrected chi connectivity index (χ2v) is 6.24. The molecule has 0 saturated heterocycles. The maximum Gasteiger partial charge on any atom is 0.0701 e. The van der Waals surface area contributed by atoms with E-state index in [9.17, 15) is 0 Å². The fourth-order valence-corrected chi connectivity index (χ4v) is 2.32. The Morgan fingerprint density at radius 1 is 0.458 bits per heavy atom. The predicted molar refractivity (Wildman–Crippen MR) is 103 cm³/mol. The topological polar surface area (TPSA) is 55.4 Å². The van der Waals surface area contributed by atoms with Gasteiger partial charge in [0.15, 0.2) is 0 Å². The van der Waals surface area contributed by atoms with Gasteiger partial charge in [0.05, 0.1) is 66.1 Å². The first-order chi connectivity index (χ1) is 11.9. The summed E-state index contributed by atoms with van der Waals surface area (Å²) in [5.41, 5.74) is 0. The molecule has 0 aromatic heterocycles. The lowest BCUT2D eigenvalue weighted by atomic mass is 10.2. The number of halogens is 1. The lowest BCUT2D eigenvalue weighted by molar-refractivity contribution is -0.0148. The molecule has 0 spiro atoms. The third-order valence-corrected chi connectivity index (χ3v) is 3.85. The van der Waals surface area contributed by atoms with Gasteiger partial charge in [0.1, 0.15) is 0 Å². The van der Waals surface area contributed by atoms with Gasteiger partial charge in [-0.05, 0) is 17.3 Å². The maximum absolute atomic E-state index is 5.51. The molecule has 0 saturated carbocycles. The fraction of sp³-hybridized carbons (Fsp3) is 1.00. The SMILES string of the molecule is COCCOCCOCCOCCOCCOCCCCCCI. The van der Waals surface area contributed by atoms with E-state index in [-0.39, 0.29) is 0 Å². The summed E-state index contributed by atoms with van der Waals surface area (Å²) in [7, 11) is 1.66. The zero-order valence-corrected chi connectivity index (χ0v) is 17.3. The van der Waals surface area contributed by atoms with Crippen LogP contribution in [0, 0.1) is 0 Å². The highest BCUT2D eigenvalue weighted by atomic mass is 127. The van der Waals surface area contributed by atoms with Crippen LogP contribution >= 0.6 is 22.6 Å². The maximum atomic E-state index is 5.51. The first kappa shape index (κ1) is 24.5. The van der Waals surface area contributed by atoms with Gasteiger partial charge in [-0.25, -0.2) is 0 Å². The van der Waals surface area contributed by atoms with Gasteiger partial charge in [-0.15, -0.1) is 0 Å². The van der Waals surface area contributed by atoms with Gasteiger partial charge in [-0.1, -0.05) is 35.4 Å². The van der Waals surface area contributed by atoms with E-state index in [2.05, 4.69) is 22.6 Å². The lowest BCUT2D eigenvalue weighted by Gasteiger charge is -2.08. The summed E-state index contributed by atoms with van der Waals surface area (Å²) in [5.74, 6) is 0. The van der Waals surface area contributed by atoms with Crippen molar-refractivity contribution in [3.05, 3.63) is 0 Å². The van der Waals surface area contributed by atoms with Crippen molar-refractivity contribution in [2.24, 2.45) is 0 Å². The number of unbranched alkanes of at least 4 members (excludes halogenated alkanes) is 3. The molecule has 146 valence electrons. The highest BCUT2D eigenvalue weighted by molar-refractivity contribution is 14.1. The van der Waals surface area contributed by atoms with E-state index in [1.165, 1.54) is 23.7 Å². The van der Waals surface area contributed by atoms with Crippen LogP contribution in [-0.2, 0) is 28.4 Å². The van der Waals surface area contributed by atoms with E-state index >= 15 is 0 Å². The molecule has 0 atom stereocenters. The Labute approximate surface area is 161 Å². The van der Waals surface area contributed by atoms with E-state index in [0.717, 1.165) is 13.0 Å². The van der Waals surface area contributed by atoms with Crippen LogP contribution in [0.1, 0.15) is 25.7 Å². The van der Waals surface area contributed by atoms with Gasteiger partial charge in [-0.2, -0.15) is 0 Å². The second-order valence-electron chi connectivity index (χ2n) is 5.16. The number of ether oxygens (including phenoxy) is 6. The minimum atomic E-state index is 0.578. The molecule has 0 rings (SSSR count). The summed E-state index contributed by atoms with van der Waals surface area (Å²) in [6.45, 7) is 6.87. The number of hydrogen-bond acceptors (Lipinski definition) is 6. The Morgan fingerprint density at radius 2 is 0.833 bits per heavy atom. The number of hydrogen-bond donors (Lipinski definition) is 0. The largest absolute Gasteiger partial charge is 0.382 e. The number of alkyl halides is 1. The molecule has 0 fully saturated rings. The standard InChI is InChI=1S/C17H35IO6/c1-19-8-9-21-12-13-23-16-17-24-15-14-22-11-10-20-7-5-3-2-4-6-18/h2-17H2,1H3. The Kier molecular flexibility index (Phi) is 24.0. The van der Waals surface area contributed by atoms with Crippen LogP contribution in [0.25, 0.3) is 0 Å². The summed E-state index contributed by atoms with van der Waals surface area (Å²) >= 11 is 2.42. The third kappa shape index (κ3) is 22.5. The van der Waals surface area contributed by atoms with Gasteiger partial charge >= 0.3 is 0 Å². The summed E-state index contributed by atoms with van der Waals surface area (Å²) < 4.78 is 33.1. The molecule has 24 heavy (non-hydrogen) atoms. The van der Waals surface area contributed by atoms with Crippen molar-refractivity contribution < 1.29 is 28.4 Å². The molecule has 0 bridgehead atoms. The van der Waals surface area contributed by atoms with Crippen LogP contribution in [0.15, 0.2) is 0 Å². The zero-order valence-electron chi connectivity index (χ0n) is 15.1. The van der Waals surface area contributed by atoms with Crippen LogP contribution in [0.5, 0.6) is 0 Å². The Balaban J connectivity index is 2.93. The normalized spacial score (nSPS) is 11.2. The molecule has 0 heterocycles. The van der Waals surface area contributed by atoms with Crippen LogP contribution < -0.4 is 0 Å². The molecule has 6 nitrogen and oxygen atoms in total. The van der Waals surface area contributed by atoms with Crippen molar-refractivity contribution in [3.8, 4) is 0 Å². The molecule has 0 N–H and O–H groups in total. The van der Waals surface area contributed by atoms with E-state index in [1.54, 1.807) is 7.11 Å². The van der Waals surface area contributed by atoms with Gasteiger partial charge in [0.25, 0.3) is 0 Å². The molecule has 0 unspecified atom stereocenters. The van der Waals surface area contributed by atoms with Crippen LogP contribution in [0.3, 0.4) is 0 Å². The highest BCUT2D eigenvalue weighted by Gasteiger charge is 1.94. The van der Waals surface area contributed by atoms with Gasteiger partial charge in [-0.3, -0.25) is 0 Å². The van der Waals surface area contributed by atoms with Crippen molar-refractivity contribution in [1.82, 2.24) is 0 Å². The molecule has 0 aliphatic carbocycles. The van der Waals surface area contributed by atoms with Crippen molar-refractivity contribution in [1.29, 1.82) is 0 Å². The van der Waals surface area contributed by atoms with Crippen molar-refractivity contribution in [2.75, 3.05) is 84.2 Å². The van der Waals surface area contributed by atoms with Crippen LogP contribution in [0.2, 0.25) is 0 Å². The van der Waals surface area contributed by atoms with E-state index in [0.29, 0.717) is 66.1 Å². The molecule has 0 aromatic carbocycles. The smallest absolute Gasteiger partial charge is 0.0701 e. The Morgan fingerprint density at radius 3 is 1.25 bits per heavy atom. The molecule has 0 radical (unpaired) electrons. The van der Waals surface area contributed by atoms with E-state index < -0.39 is 0 Å². The zero-order chi connectivity index (χ0) is 17.6. The van der Waals surface area contributed by atoms with Gasteiger partial charge in [0.2, 0.25) is 0 Å². The molecular formula is C17H35IO6. The highest BCUT2D eigenvalue weighted by Crippen LogP contribution is 2.02. The predicted octanol–water partition coefficient (Wildman–Crippen LogP) is 2.71. The first-order valence-corrected chi connectivity index (χ1v) is 10.4. The van der Waals surface area contributed by atoms with E-state index in [1.807, 2.05) is 0 Å². The van der Waals surface area contributed by atoms with Crippen molar-refractivity contribution >= 4 is 22.6 Å². The summed E-state index contributed by atoms with van der Waals surface area (Å²) in [4.78, 5) is 0. The Bertz CT molecular complexity index is 199. The molecule has 0 aliphatic rings. The summed E-state index contributed by atoms with van der Waals surface area (Å²) in [5, 5.41) is 0. The molecular weight excluding hydrogens is 427 g/mol. The number of rotatable bonds is 21. The van der Waals surface area contributed by atoms with Gasteiger partial charge < -0.3 is 28.4 Å². The van der Waals surface area contributed by atoms with Crippen molar-refractivity contribution in [3.63, 3.8) is 0 Å². The quantitative estimate of drug-likeness (QED) is 0.149. The molecule has 0 aromatic rings. The third-order valence-electron chi connectivity index (χ3n) is 3.09. The van der Waals surface area contributed by atoms with Crippen molar-refractivity contribution in [2.45, 2.75) is 25.7 Å². The van der Waals surface area contributed by atoms with Crippen LogP contribution in [-0.4, -0.2) is 84.2 Å². The molecule has 0 amide bonds. The van der Waals surface area contributed by atoms with E-state index in [4.69, 9.17) is 28.4 Å². The minimum absolute atomic E-state index is 0.578. The average Bonchev–Trinajstić information content (AvgIpc) is 2.60. The summed E-state index contributed by atoms with van der Waals surface area (Å²) in [6, 6.07) is 0.